The van der Waals surface area contributed by atoms with Gasteiger partial charge in [-0.3, -0.25) is 0 Å². The van der Waals surface area contributed by atoms with E-state index in [1.807, 2.05) is 0 Å². The third-order valence-electron chi connectivity index (χ3n) is 6.55. The van der Waals surface area contributed by atoms with E-state index in [1.54, 1.807) is 19.1 Å². The van der Waals surface area contributed by atoms with Crippen molar-refractivity contribution < 1.29 is 22.6 Å². The van der Waals surface area contributed by atoms with Crippen molar-refractivity contribution in [3.05, 3.63) is 41.2 Å². The number of halogens is 3. The van der Waals surface area contributed by atoms with Gasteiger partial charge in [0.2, 0.25) is 5.82 Å². The molecule has 1 aromatic rings. The van der Waals surface area contributed by atoms with Crippen LogP contribution in [0.5, 0.6) is 5.75 Å². The topological polar surface area (TPSA) is 18.5 Å². The van der Waals surface area contributed by atoms with Gasteiger partial charge in [-0.1, -0.05) is 25.0 Å². The molecule has 162 valence electrons. The quantitative estimate of drug-likeness (QED) is 0.478. The van der Waals surface area contributed by atoms with Crippen molar-refractivity contribution in [1.29, 1.82) is 0 Å². The Hall–Kier alpha value is -1.49. The minimum atomic E-state index is -0.900. The Morgan fingerprint density at radius 2 is 1.86 bits per heavy atom. The van der Waals surface area contributed by atoms with Gasteiger partial charge in [0.05, 0.1) is 25.1 Å². The maximum atomic E-state index is 14.5. The zero-order valence-electron chi connectivity index (χ0n) is 17.6. The van der Waals surface area contributed by atoms with Crippen LogP contribution in [0, 0.1) is 23.5 Å². The molecule has 0 radical (unpaired) electrons. The first-order valence-corrected chi connectivity index (χ1v) is 11.0. The fourth-order valence-corrected chi connectivity index (χ4v) is 4.88. The van der Waals surface area contributed by atoms with E-state index in [4.69, 9.17) is 9.47 Å². The highest BCUT2D eigenvalue weighted by molar-refractivity contribution is 5.33. The van der Waals surface area contributed by atoms with Crippen LogP contribution in [0.1, 0.15) is 76.7 Å². The summed E-state index contributed by atoms with van der Waals surface area (Å²) in [6.07, 6.45) is 10.1. The molecule has 0 N–H and O–H groups in total. The lowest BCUT2D eigenvalue weighted by molar-refractivity contribution is -0.0440. The number of allylic oxidation sites excluding steroid dienone is 2. The number of hydrogen-bond donors (Lipinski definition) is 0. The molecule has 29 heavy (non-hydrogen) atoms. The van der Waals surface area contributed by atoms with Crippen LogP contribution < -0.4 is 4.74 Å². The van der Waals surface area contributed by atoms with Gasteiger partial charge in [0.15, 0.2) is 11.6 Å². The average molecular weight is 411 g/mol. The molecule has 0 spiro atoms. The van der Waals surface area contributed by atoms with Gasteiger partial charge >= 0.3 is 0 Å². The fraction of sp³-hybridized carbons (Fsp3) is 0.667. The van der Waals surface area contributed by atoms with Crippen molar-refractivity contribution in [3.8, 4) is 5.75 Å². The van der Waals surface area contributed by atoms with Crippen LogP contribution in [0.3, 0.4) is 0 Å². The molecule has 1 aliphatic carbocycles. The summed E-state index contributed by atoms with van der Waals surface area (Å²) < 4.78 is 52.7. The normalized spacial score (nSPS) is 28.4. The summed E-state index contributed by atoms with van der Waals surface area (Å²) in [5.41, 5.74) is 0.393. The van der Waals surface area contributed by atoms with Crippen molar-refractivity contribution in [2.75, 3.05) is 13.2 Å². The number of ether oxygens (including phenoxy) is 2. The summed E-state index contributed by atoms with van der Waals surface area (Å²) in [5, 5.41) is 0. The largest absolute Gasteiger partial charge is 0.491 e. The van der Waals surface area contributed by atoms with Crippen LogP contribution >= 0.6 is 0 Å². The van der Waals surface area contributed by atoms with E-state index in [0.29, 0.717) is 30.6 Å². The molecule has 0 bridgehead atoms. The van der Waals surface area contributed by atoms with Crippen LogP contribution in [0.15, 0.2) is 24.0 Å². The standard InChI is InChI=1S/C24H33F3O2/c1-3-28-22-14-12-20(23(26)24(22)27)19-11-13-21(29-15-19)18-9-7-17(8-10-18)6-4-5-16(2)25/h5,12,14,17-19,21H,3-4,6-11,13,15H2,1-2H3/b16-5-. The van der Waals surface area contributed by atoms with Gasteiger partial charge in [-0.15, -0.1) is 0 Å². The number of hydrogen-bond acceptors (Lipinski definition) is 2. The summed E-state index contributed by atoms with van der Waals surface area (Å²) >= 11 is 0. The lowest BCUT2D eigenvalue weighted by Gasteiger charge is -2.38. The summed E-state index contributed by atoms with van der Waals surface area (Å²) in [7, 11) is 0. The molecule has 2 fully saturated rings. The Morgan fingerprint density at radius 3 is 2.48 bits per heavy atom. The van der Waals surface area contributed by atoms with Crippen LogP contribution in [-0.4, -0.2) is 19.3 Å². The molecular weight excluding hydrogens is 377 g/mol. The lowest BCUT2D eigenvalue weighted by Crippen LogP contribution is -2.33. The summed E-state index contributed by atoms with van der Waals surface area (Å²) in [6, 6.07) is 3.15. The van der Waals surface area contributed by atoms with Crippen molar-refractivity contribution >= 4 is 0 Å². The highest BCUT2D eigenvalue weighted by Crippen LogP contribution is 2.40. The van der Waals surface area contributed by atoms with Crippen molar-refractivity contribution in [3.63, 3.8) is 0 Å². The minimum Gasteiger partial charge on any atom is -0.491 e. The van der Waals surface area contributed by atoms with E-state index in [2.05, 4.69) is 0 Å². The van der Waals surface area contributed by atoms with Crippen LogP contribution in [0.25, 0.3) is 0 Å². The first-order valence-electron chi connectivity index (χ1n) is 11.0. The second-order valence-corrected chi connectivity index (χ2v) is 8.51. The molecule has 3 rings (SSSR count). The predicted octanol–water partition coefficient (Wildman–Crippen LogP) is 7.09. The van der Waals surface area contributed by atoms with Crippen molar-refractivity contribution in [2.24, 2.45) is 11.8 Å². The Balaban J connectivity index is 1.48. The van der Waals surface area contributed by atoms with E-state index in [0.717, 1.165) is 38.5 Å². The molecule has 1 heterocycles. The lowest BCUT2D eigenvalue weighted by atomic mass is 9.75. The number of rotatable bonds is 7. The molecule has 1 aliphatic heterocycles. The van der Waals surface area contributed by atoms with Gasteiger partial charge in [-0.2, -0.15) is 4.39 Å². The zero-order valence-corrected chi connectivity index (χ0v) is 17.6. The molecule has 0 amide bonds. The maximum Gasteiger partial charge on any atom is 0.200 e. The molecule has 5 heteroatoms. The molecule has 2 nitrogen and oxygen atoms in total. The monoisotopic (exact) mass is 410 g/mol. The molecule has 1 aromatic carbocycles. The van der Waals surface area contributed by atoms with Crippen LogP contribution in [-0.2, 0) is 4.74 Å². The Labute approximate surface area is 172 Å². The van der Waals surface area contributed by atoms with Gasteiger partial charge in [0.1, 0.15) is 0 Å². The van der Waals surface area contributed by atoms with E-state index in [-0.39, 0.29) is 23.6 Å². The van der Waals surface area contributed by atoms with E-state index < -0.39 is 11.6 Å². The summed E-state index contributed by atoms with van der Waals surface area (Å²) in [6.45, 7) is 3.99. The molecule has 2 unspecified atom stereocenters. The number of benzene rings is 1. The summed E-state index contributed by atoms with van der Waals surface area (Å²) in [4.78, 5) is 0. The molecular formula is C24H33F3O2. The molecule has 2 aliphatic rings. The Kier molecular flexibility index (Phi) is 8.05. The smallest absolute Gasteiger partial charge is 0.200 e. The average Bonchev–Trinajstić information content (AvgIpc) is 2.72. The predicted molar refractivity (Wildman–Crippen MR) is 109 cm³/mol. The van der Waals surface area contributed by atoms with Gasteiger partial charge in [0.25, 0.3) is 0 Å². The third-order valence-corrected chi connectivity index (χ3v) is 6.55. The SMILES string of the molecule is CCOc1ccc(C2CCC(C3CCC(CC/C=C(/C)F)CC3)OC2)c(F)c1F. The third kappa shape index (κ3) is 5.78. The molecule has 0 aromatic heterocycles. The van der Waals surface area contributed by atoms with Gasteiger partial charge in [0, 0.05) is 5.92 Å². The van der Waals surface area contributed by atoms with Crippen molar-refractivity contribution in [2.45, 2.75) is 77.2 Å². The van der Waals surface area contributed by atoms with Gasteiger partial charge in [-0.25, -0.2) is 8.78 Å². The molecule has 2 atom stereocenters. The van der Waals surface area contributed by atoms with Crippen LogP contribution in [0.2, 0.25) is 0 Å². The second-order valence-electron chi connectivity index (χ2n) is 8.51. The fourth-order valence-electron chi connectivity index (χ4n) is 4.88. The first kappa shape index (κ1) is 22.2. The van der Waals surface area contributed by atoms with Gasteiger partial charge in [-0.05, 0) is 75.8 Å². The van der Waals surface area contributed by atoms with Crippen molar-refractivity contribution in [1.82, 2.24) is 0 Å². The Morgan fingerprint density at radius 1 is 1.10 bits per heavy atom. The first-order chi connectivity index (χ1) is 14.0. The van der Waals surface area contributed by atoms with Gasteiger partial charge < -0.3 is 9.47 Å². The van der Waals surface area contributed by atoms with E-state index in [9.17, 15) is 13.2 Å². The minimum absolute atomic E-state index is 0.0303. The highest BCUT2D eigenvalue weighted by Gasteiger charge is 2.33. The van der Waals surface area contributed by atoms with E-state index in [1.165, 1.54) is 25.8 Å². The highest BCUT2D eigenvalue weighted by atomic mass is 19.2. The molecule has 1 saturated heterocycles. The summed E-state index contributed by atoms with van der Waals surface area (Å²) in [5.74, 6) is -0.705. The maximum absolute atomic E-state index is 14.5. The molecule has 1 saturated carbocycles. The Bertz CT molecular complexity index is 684. The zero-order chi connectivity index (χ0) is 20.8. The second kappa shape index (κ2) is 10.5. The van der Waals surface area contributed by atoms with Crippen LogP contribution in [0.4, 0.5) is 13.2 Å². The van der Waals surface area contributed by atoms with E-state index >= 15 is 0 Å².